The van der Waals surface area contributed by atoms with E-state index >= 15 is 0 Å². The summed E-state index contributed by atoms with van der Waals surface area (Å²) in [4.78, 5) is 12.4. The van der Waals surface area contributed by atoms with E-state index in [1.165, 1.54) is 19.3 Å². The molecule has 0 unspecified atom stereocenters. The van der Waals surface area contributed by atoms with Crippen LogP contribution in [0.2, 0.25) is 0 Å². The number of hydrogen-bond acceptors (Lipinski definition) is 3. The second-order valence-corrected chi connectivity index (χ2v) is 6.08. The number of nitrogens with one attached hydrogen (secondary N) is 1. The van der Waals surface area contributed by atoms with E-state index in [9.17, 15) is 4.79 Å². The van der Waals surface area contributed by atoms with E-state index in [0.717, 1.165) is 17.9 Å². The highest BCUT2D eigenvalue weighted by Crippen LogP contribution is 2.57. The van der Waals surface area contributed by atoms with Gasteiger partial charge in [0.1, 0.15) is 11.5 Å². The smallest absolute Gasteiger partial charge is 0.224 e. The van der Waals surface area contributed by atoms with Crippen LogP contribution in [0.25, 0.3) is 0 Å². The molecule has 3 atom stereocenters. The van der Waals surface area contributed by atoms with Crippen molar-refractivity contribution in [1.82, 2.24) is 5.32 Å². The van der Waals surface area contributed by atoms with Gasteiger partial charge in [-0.3, -0.25) is 4.79 Å². The van der Waals surface area contributed by atoms with Crippen molar-refractivity contribution in [2.45, 2.75) is 38.6 Å². The van der Waals surface area contributed by atoms with Crippen molar-refractivity contribution in [3.63, 3.8) is 0 Å². The third-order valence-electron chi connectivity index (χ3n) is 4.74. The van der Waals surface area contributed by atoms with Crippen LogP contribution >= 0.6 is 0 Å². The van der Waals surface area contributed by atoms with Gasteiger partial charge in [-0.05, 0) is 50.2 Å². The molecule has 0 radical (unpaired) electrons. The van der Waals surface area contributed by atoms with Gasteiger partial charge < -0.3 is 14.5 Å². The maximum absolute atomic E-state index is 12.4. The third-order valence-corrected chi connectivity index (χ3v) is 4.74. The van der Waals surface area contributed by atoms with Crippen LogP contribution in [-0.2, 0) is 9.53 Å². The Balaban J connectivity index is 1.62. The molecule has 2 saturated carbocycles. The van der Waals surface area contributed by atoms with Gasteiger partial charge in [0.15, 0.2) is 0 Å². The highest BCUT2D eigenvalue weighted by atomic mass is 16.5. The van der Waals surface area contributed by atoms with Gasteiger partial charge in [-0.2, -0.15) is 0 Å². The number of amides is 1. The second kappa shape index (κ2) is 5.60. The predicted octanol–water partition coefficient (Wildman–Crippen LogP) is 2.83. The van der Waals surface area contributed by atoms with E-state index in [4.69, 9.17) is 9.15 Å². The van der Waals surface area contributed by atoms with E-state index in [-0.39, 0.29) is 17.9 Å². The fraction of sp³-hybridized carbons (Fsp3) is 0.688. The zero-order chi connectivity index (χ0) is 14.1. The minimum absolute atomic E-state index is 0.0718. The van der Waals surface area contributed by atoms with Crippen LogP contribution in [0.5, 0.6) is 0 Å². The van der Waals surface area contributed by atoms with E-state index in [0.29, 0.717) is 18.4 Å². The number of furan rings is 1. The van der Waals surface area contributed by atoms with Crippen LogP contribution in [-0.4, -0.2) is 19.6 Å². The van der Waals surface area contributed by atoms with Crippen molar-refractivity contribution in [1.29, 1.82) is 0 Å². The molecular formula is C16H23NO3. The molecule has 2 aliphatic carbocycles. The molecule has 0 aromatic carbocycles. The summed E-state index contributed by atoms with van der Waals surface area (Å²) in [5.41, 5.74) is 0. The molecule has 1 aromatic heterocycles. The van der Waals surface area contributed by atoms with Crippen LogP contribution in [0.3, 0.4) is 0 Å². The average Bonchev–Trinajstić information content (AvgIpc) is 2.81. The fourth-order valence-electron chi connectivity index (χ4n) is 3.64. The lowest BCUT2D eigenvalue weighted by Crippen LogP contribution is -2.31. The summed E-state index contributed by atoms with van der Waals surface area (Å²) in [6.07, 6.45) is 4.50. The SMILES string of the molecule is COCC[C@H](NC(=O)C1[C@@H]2CCC[C@@H]12)c1ccc(C)o1. The van der Waals surface area contributed by atoms with Crippen LogP contribution < -0.4 is 5.32 Å². The topological polar surface area (TPSA) is 51.5 Å². The van der Waals surface area contributed by atoms with Crippen molar-refractivity contribution in [3.05, 3.63) is 23.7 Å². The van der Waals surface area contributed by atoms with Crippen molar-refractivity contribution in [2.75, 3.05) is 13.7 Å². The van der Waals surface area contributed by atoms with Gasteiger partial charge in [-0.15, -0.1) is 0 Å². The summed E-state index contributed by atoms with van der Waals surface area (Å²) in [6.45, 7) is 2.53. The zero-order valence-electron chi connectivity index (χ0n) is 12.2. The molecule has 3 rings (SSSR count). The number of ether oxygens (including phenoxy) is 1. The largest absolute Gasteiger partial charge is 0.464 e. The highest BCUT2D eigenvalue weighted by molar-refractivity contribution is 5.82. The molecule has 1 amide bonds. The third kappa shape index (κ3) is 2.62. The molecule has 0 aliphatic heterocycles. The molecule has 1 N–H and O–H groups in total. The molecule has 1 aromatic rings. The molecule has 0 bridgehead atoms. The zero-order valence-corrected chi connectivity index (χ0v) is 12.2. The maximum Gasteiger partial charge on any atom is 0.224 e. The molecule has 2 fully saturated rings. The first-order valence-electron chi connectivity index (χ1n) is 7.56. The average molecular weight is 277 g/mol. The van der Waals surface area contributed by atoms with Gasteiger partial charge in [0.05, 0.1) is 6.04 Å². The van der Waals surface area contributed by atoms with E-state index in [2.05, 4.69) is 5.32 Å². The lowest BCUT2D eigenvalue weighted by Gasteiger charge is -2.17. The van der Waals surface area contributed by atoms with E-state index in [1.54, 1.807) is 7.11 Å². The number of fused-ring (bicyclic) bond motifs is 1. The fourth-order valence-corrected chi connectivity index (χ4v) is 3.64. The van der Waals surface area contributed by atoms with Crippen molar-refractivity contribution < 1.29 is 13.9 Å². The van der Waals surface area contributed by atoms with Crippen LogP contribution in [0.4, 0.5) is 0 Å². The number of carbonyl (C=O) groups is 1. The first-order valence-corrected chi connectivity index (χ1v) is 7.56. The van der Waals surface area contributed by atoms with Gasteiger partial charge in [-0.25, -0.2) is 0 Å². The Hall–Kier alpha value is -1.29. The van der Waals surface area contributed by atoms with Crippen LogP contribution in [0, 0.1) is 24.7 Å². The van der Waals surface area contributed by atoms with Crippen LogP contribution in [0.15, 0.2) is 16.5 Å². The summed E-state index contributed by atoms with van der Waals surface area (Å²) in [5.74, 6) is 3.46. The second-order valence-electron chi connectivity index (χ2n) is 6.08. The number of rotatable bonds is 6. The lowest BCUT2D eigenvalue weighted by atomic mass is 10.1. The van der Waals surface area contributed by atoms with Gasteiger partial charge in [0.25, 0.3) is 0 Å². The minimum atomic E-state index is -0.0718. The first kappa shape index (κ1) is 13.7. The molecule has 1 heterocycles. The standard InChI is InChI=1S/C16H23NO3/c1-10-6-7-14(20-10)13(8-9-19-2)17-16(18)15-11-4-3-5-12(11)15/h6-7,11-13,15H,3-5,8-9H2,1-2H3,(H,17,18)/t11-,12-,13+/m1/s1. The maximum atomic E-state index is 12.4. The molecule has 2 aliphatic rings. The summed E-state index contributed by atoms with van der Waals surface area (Å²) >= 11 is 0. The molecule has 4 heteroatoms. The summed E-state index contributed by atoms with van der Waals surface area (Å²) < 4.78 is 10.8. The monoisotopic (exact) mass is 277 g/mol. The Bertz CT molecular complexity index is 472. The molecule has 20 heavy (non-hydrogen) atoms. The summed E-state index contributed by atoms with van der Waals surface area (Å²) in [5, 5.41) is 3.16. The quantitative estimate of drug-likeness (QED) is 0.870. The van der Waals surface area contributed by atoms with E-state index in [1.807, 2.05) is 19.1 Å². The Labute approximate surface area is 119 Å². The van der Waals surface area contributed by atoms with Gasteiger partial charge in [0.2, 0.25) is 5.91 Å². The molecular weight excluding hydrogens is 254 g/mol. The highest BCUT2D eigenvalue weighted by Gasteiger charge is 2.56. The van der Waals surface area contributed by atoms with Gasteiger partial charge in [0, 0.05) is 19.6 Å². The number of aryl methyl sites for hydroxylation is 1. The Morgan fingerprint density at radius 2 is 2.20 bits per heavy atom. The summed E-state index contributed by atoms with van der Waals surface area (Å²) in [6, 6.07) is 3.81. The molecule has 110 valence electrons. The Kier molecular flexibility index (Phi) is 3.83. The Morgan fingerprint density at radius 3 is 2.80 bits per heavy atom. The van der Waals surface area contributed by atoms with E-state index < -0.39 is 0 Å². The van der Waals surface area contributed by atoms with Crippen LogP contribution in [0.1, 0.15) is 43.2 Å². The van der Waals surface area contributed by atoms with Crippen molar-refractivity contribution in [3.8, 4) is 0 Å². The lowest BCUT2D eigenvalue weighted by molar-refractivity contribution is -0.124. The number of carbonyl (C=O) groups excluding carboxylic acids is 1. The van der Waals surface area contributed by atoms with Gasteiger partial charge >= 0.3 is 0 Å². The first-order chi connectivity index (χ1) is 9.70. The van der Waals surface area contributed by atoms with Crippen molar-refractivity contribution >= 4 is 5.91 Å². The van der Waals surface area contributed by atoms with Gasteiger partial charge in [-0.1, -0.05) is 6.42 Å². The van der Waals surface area contributed by atoms with Crippen molar-refractivity contribution in [2.24, 2.45) is 17.8 Å². The number of methoxy groups -OCH3 is 1. The minimum Gasteiger partial charge on any atom is -0.464 e. The summed E-state index contributed by atoms with van der Waals surface area (Å²) in [7, 11) is 1.68. The molecule has 0 spiro atoms. The predicted molar refractivity (Wildman–Crippen MR) is 75.1 cm³/mol. The molecule has 0 saturated heterocycles. The Morgan fingerprint density at radius 1 is 1.45 bits per heavy atom. The number of hydrogen-bond donors (Lipinski definition) is 1. The molecule has 4 nitrogen and oxygen atoms in total. The normalized spacial score (nSPS) is 29.0.